The molecule has 1 aromatic heterocycles. The number of aromatic carboxylic acids is 1. The summed E-state index contributed by atoms with van der Waals surface area (Å²) in [7, 11) is 0. The van der Waals surface area contributed by atoms with Crippen LogP contribution in [0.2, 0.25) is 0 Å². The van der Waals surface area contributed by atoms with Gasteiger partial charge in [-0.1, -0.05) is 6.07 Å². The minimum Gasteiger partial charge on any atom is -0.477 e. The molecule has 7 heteroatoms. The maximum absolute atomic E-state index is 13.0. The Balaban J connectivity index is 2.05. The first-order valence-corrected chi connectivity index (χ1v) is 6.44. The third-order valence-electron chi connectivity index (χ3n) is 2.43. The number of halogens is 1. The fraction of sp³-hybridized carbons (Fsp3) is 0.0769. The molecule has 5 nitrogen and oxygen atoms in total. The summed E-state index contributed by atoms with van der Waals surface area (Å²) in [6.45, 7) is 1.65. The van der Waals surface area contributed by atoms with E-state index in [1.54, 1.807) is 19.1 Å². The molecule has 0 aliphatic carbocycles. The average Bonchev–Trinajstić information content (AvgIpc) is 2.70. The quantitative estimate of drug-likeness (QED) is 0.810. The van der Waals surface area contributed by atoms with E-state index in [4.69, 9.17) is 5.11 Å². The molecule has 1 heterocycles. The number of carboxylic acid groups (broad SMARTS) is 1. The third kappa shape index (κ3) is 3.33. The number of hydrogen-bond acceptors (Lipinski definition) is 3. The number of hydrogen-bond donors (Lipinski definition) is 3. The highest BCUT2D eigenvalue weighted by Gasteiger charge is 2.13. The molecule has 0 aliphatic rings. The molecule has 0 radical (unpaired) electrons. The molecule has 0 atom stereocenters. The summed E-state index contributed by atoms with van der Waals surface area (Å²) >= 11 is 0.964. The first-order valence-electron chi connectivity index (χ1n) is 5.63. The number of carboxylic acids is 1. The van der Waals surface area contributed by atoms with Crippen molar-refractivity contribution in [2.45, 2.75) is 6.92 Å². The van der Waals surface area contributed by atoms with Gasteiger partial charge in [-0.05, 0) is 36.8 Å². The normalized spacial score (nSPS) is 10.1. The van der Waals surface area contributed by atoms with E-state index in [0.717, 1.165) is 11.3 Å². The number of thiophene rings is 1. The van der Waals surface area contributed by atoms with Crippen LogP contribution in [0.3, 0.4) is 0 Å². The van der Waals surface area contributed by atoms with Crippen LogP contribution in [0.1, 0.15) is 15.2 Å². The number of carbonyl (C=O) groups excluding carboxylic acids is 1. The molecular formula is C13H11FN2O3S. The van der Waals surface area contributed by atoms with Crippen molar-refractivity contribution in [1.82, 2.24) is 0 Å². The van der Waals surface area contributed by atoms with Crippen molar-refractivity contribution >= 4 is 34.0 Å². The fourth-order valence-corrected chi connectivity index (χ4v) is 2.50. The standard InChI is InChI=1S/C13H11FN2O3S/c1-7-5-10(20-11(7)12(17)18)16-13(19)15-9-4-2-3-8(14)6-9/h2-6H,1H3,(H,17,18)(H2,15,16,19). The number of amides is 2. The lowest BCUT2D eigenvalue weighted by Gasteiger charge is -2.05. The first kappa shape index (κ1) is 14.0. The van der Waals surface area contributed by atoms with Gasteiger partial charge in [-0.25, -0.2) is 14.0 Å². The molecule has 0 unspecified atom stereocenters. The lowest BCUT2D eigenvalue weighted by Crippen LogP contribution is -2.18. The van der Waals surface area contributed by atoms with E-state index in [2.05, 4.69) is 10.6 Å². The van der Waals surface area contributed by atoms with Crippen LogP contribution in [-0.4, -0.2) is 17.1 Å². The molecule has 1 aromatic carbocycles. The van der Waals surface area contributed by atoms with Gasteiger partial charge in [-0.2, -0.15) is 0 Å². The van der Waals surface area contributed by atoms with Gasteiger partial charge in [0.1, 0.15) is 10.7 Å². The summed E-state index contributed by atoms with van der Waals surface area (Å²) in [6.07, 6.45) is 0. The molecule has 3 N–H and O–H groups in total. The topological polar surface area (TPSA) is 78.4 Å². The highest BCUT2D eigenvalue weighted by Crippen LogP contribution is 2.26. The summed E-state index contributed by atoms with van der Waals surface area (Å²) in [6, 6.07) is 6.48. The molecule has 0 saturated heterocycles. The van der Waals surface area contributed by atoms with Gasteiger partial charge >= 0.3 is 12.0 Å². The Morgan fingerprint density at radius 2 is 2.00 bits per heavy atom. The van der Waals surface area contributed by atoms with E-state index < -0.39 is 17.8 Å². The van der Waals surface area contributed by atoms with E-state index in [1.165, 1.54) is 18.2 Å². The van der Waals surface area contributed by atoms with Crippen molar-refractivity contribution < 1.29 is 19.1 Å². The number of urea groups is 1. The van der Waals surface area contributed by atoms with Crippen LogP contribution in [0.25, 0.3) is 0 Å². The van der Waals surface area contributed by atoms with Crippen LogP contribution in [0.15, 0.2) is 30.3 Å². The van der Waals surface area contributed by atoms with Crippen molar-refractivity contribution in [1.29, 1.82) is 0 Å². The molecule has 2 rings (SSSR count). The van der Waals surface area contributed by atoms with Gasteiger partial charge in [0.2, 0.25) is 0 Å². The van der Waals surface area contributed by atoms with Crippen LogP contribution < -0.4 is 10.6 Å². The number of benzene rings is 1. The van der Waals surface area contributed by atoms with E-state index >= 15 is 0 Å². The Kier molecular flexibility index (Phi) is 3.99. The zero-order chi connectivity index (χ0) is 14.7. The lowest BCUT2D eigenvalue weighted by atomic mass is 10.3. The molecule has 2 aromatic rings. The minimum atomic E-state index is -1.04. The van der Waals surface area contributed by atoms with Crippen molar-refractivity contribution in [3.8, 4) is 0 Å². The van der Waals surface area contributed by atoms with Crippen molar-refractivity contribution in [2.24, 2.45) is 0 Å². The Hall–Kier alpha value is -2.41. The lowest BCUT2D eigenvalue weighted by molar-refractivity contribution is 0.0701. The molecular weight excluding hydrogens is 283 g/mol. The average molecular weight is 294 g/mol. The largest absolute Gasteiger partial charge is 0.477 e. The molecule has 104 valence electrons. The van der Waals surface area contributed by atoms with Crippen LogP contribution in [0.5, 0.6) is 0 Å². The number of nitrogens with one attached hydrogen (secondary N) is 2. The van der Waals surface area contributed by atoms with Crippen molar-refractivity contribution in [3.63, 3.8) is 0 Å². The van der Waals surface area contributed by atoms with Crippen molar-refractivity contribution in [3.05, 3.63) is 46.6 Å². The van der Waals surface area contributed by atoms with Gasteiger partial charge in [0.05, 0.1) is 5.00 Å². The van der Waals surface area contributed by atoms with Crippen LogP contribution in [-0.2, 0) is 0 Å². The summed E-state index contributed by atoms with van der Waals surface area (Å²) < 4.78 is 13.0. The SMILES string of the molecule is Cc1cc(NC(=O)Nc2cccc(F)c2)sc1C(=O)O. The minimum absolute atomic E-state index is 0.172. The van der Waals surface area contributed by atoms with E-state index in [1.807, 2.05) is 0 Å². The van der Waals surface area contributed by atoms with Crippen LogP contribution >= 0.6 is 11.3 Å². The molecule has 0 bridgehead atoms. The van der Waals surface area contributed by atoms with Crippen molar-refractivity contribution in [2.75, 3.05) is 10.6 Å². The zero-order valence-corrected chi connectivity index (χ0v) is 11.3. The van der Waals surface area contributed by atoms with Crippen LogP contribution in [0, 0.1) is 12.7 Å². The van der Waals surface area contributed by atoms with Gasteiger partial charge in [-0.3, -0.25) is 5.32 Å². The number of carbonyl (C=O) groups is 2. The summed E-state index contributed by atoms with van der Waals surface area (Å²) in [5, 5.41) is 14.3. The van der Waals surface area contributed by atoms with E-state index in [9.17, 15) is 14.0 Å². The highest BCUT2D eigenvalue weighted by molar-refractivity contribution is 7.18. The van der Waals surface area contributed by atoms with Crippen LogP contribution in [0.4, 0.5) is 19.9 Å². The zero-order valence-electron chi connectivity index (χ0n) is 10.4. The molecule has 20 heavy (non-hydrogen) atoms. The van der Waals surface area contributed by atoms with E-state index in [-0.39, 0.29) is 4.88 Å². The number of aryl methyl sites for hydroxylation is 1. The van der Waals surface area contributed by atoms with Gasteiger partial charge in [0, 0.05) is 5.69 Å². The fourth-order valence-electron chi connectivity index (χ4n) is 1.60. The summed E-state index contributed by atoms with van der Waals surface area (Å²) in [5.41, 5.74) is 0.887. The third-order valence-corrected chi connectivity index (χ3v) is 3.57. The molecule has 0 spiro atoms. The summed E-state index contributed by atoms with van der Waals surface area (Å²) in [4.78, 5) is 22.8. The van der Waals surface area contributed by atoms with E-state index in [0.29, 0.717) is 16.3 Å². The molecule has 2 amide bonds. The smallest absolute Gasteiger partial charge is 0.346 e. The van der Waals surface area contributed by atoms with Gasteiger partial charge in [0.15, 0.2) is 0 Å². The Labute approximate surface area is 118 Å². The highest BCUT2D eigenvalue weighted by atomic mass is 32.1. The molecule has 0 fully saturated rings. The summed E-state index contributed by atoms with van der Waals surface area (Å²) in [5.74, 6) is -1.49. The second-order valence-electron chi connectivity index (χ2n) is 4.02. The first-order chi connectivity index (χ1) is 9.45. The maximum Gasteiger partial charge on any atom is 0.346 e. The number of rotatable bonds is 3. The second-order valence-corrected chi connectivity index (χ2v) is 5.07. The monoisotopic (exact) mass is 294 g/mol. The number of anilines is 2. The maximum atomic E-state index is 13.0. The molecule has 0 saturated carbocycles. The van der Waals surface area contributed by atoms with Gasteiger partial charge < -0.3 is 10.4 Å². The molecule has 0 aliphatic heterocycles. The Morgan fingerprint density at radius 1 is 1.25 bits per heavy atom. The predicted molar refractivity (Wildman–Crippen MR) is 75.1 cm³/mol. The Bertz CT molecular complexity index is 669. The predicted octanol–water partition coefficient (Wildman–Crippen LogP) is 3.54. The second kappa shape index (κ2) is 5.70. The van der Waals surface area contributed by atoms with Gasteiger partial charge in [-0.15, -0.1) is 11.3 Å². The Morgan fingerprint density at radius 3 is 2.60 bits per heavy atom. The van der Waals surface area contributed by atoms with Gasteiger partial charge in [0.25, 0.3) is 0 Å².